The minimum absolute atomic E-state index is 0.0931. The zero-order valence-electron chi connectivity index (χ0n) is 9.85. The van der Waals surface area contributed by atoms with Gasteiger partial charge in [0.2, 0.25) is 5.91 Å². The maximum absolute atomic E-state index is 12.3. The molecule has 17 heavy (non-hydrogen) atoms. The number of likely N-dealkylation sites (tertiary alicyclic amines) is 1. The molecule has 4 nitrogen and oxygen atoms in total. The fourth-order valence-corrected chi connectivity index (χ4v) is 2.27. The summed E-state index contributed by atoms with van der Waals surface area (Å²) in [4.78, 5) is 25.1. The molecule has 1 aromatic carbocycles. The Balaban J connectivity index is 2.26. The van der Waals surface area contributed by atoms with Gasteiger partial charge in [0.15, 0.2) is 0 Å². The molecule has 1 aliphatic heterocycles. The number of rotatable bonds is 2. The van der Waals surface area contributed by atoms with Gasteiger partial charge >= 0.3 is 0 Å². The Morgan fingerprint density at radius 3 is 2.71 bits per heavy atom. The number of carbonyl (C=O) groups excluding carboxylic acids is 2. The second-order valence-electron chi connectivity index (χ2n) is 4.37. The molecule has 2 N–H and O–H groups in total. The summed E-state index contributed by atoms with van der Waals surface area (Å²) in [7, 11) is 0. The molecule has 2 rings (SSSR count). The first-order chi connectivity index (χ1) is 8.11. The average Bonchev–Trinajstić information content (AvgIpc) is 2.77. The molecule has 4 heteroatoms. The van der Waals surface area contributed by atoms with Crippen LogP contribution < -0.4 is 5.73 Å². The van der Waals surface area contributed by atoms with E-state index in [1.165, 1.54) is 0 Å². The van der Waals surface area contributed by atoms with Crippen molar-refractivity contribution in [3.63, 3.8) is 0 Å². The molecule has 2 amide bonds. The van der Waals surface area contributed by atoms with Gasteiger partial charge in [0.05, 0.1) is 0 Å². The Kier molecular flexibility index (Phi) is 3.13. The summed E-state index contributed by atoms with van der Waals surface area (Å²) in [6.45, 7) is 2.50. The summed E-state index contributed by atoms with van der Waals surface area (Å²) in [6, 6.07) is 6.95. The van der Waals surface area contributed by atoms with E-state index >= 15 is 0 Å². The SMILES string of the molecule is Cc1ccccc1C(=O)N1CCCC1C(N)=O. The molecule has 1 aromatic rings. The van der Waals surface area contributed by atoms with Crippen LogP contribution in [0.1, 0.15) is 28.8 Å². The summed E-state index contributed by atoms with van der Waals surface area (Å²) in [5.41, 5.74) is 6.89. The lowest BCUT2D eigenvalue weighted by molar-refractivity contribution is -0.121. The molecule has 90 valence electrons. The maximum atomic E-state index is 12.3. The molecule has 0 bridgehead atoms. The quantitative estimate of drug-likeness (QED) is 0.829. The number of primary amides is 1. The van der Waals surface area contributed by atoms with Crippen molar-refractivity contribution in [3.8, 4) is 0 Å². The van der Waals surface area contributed by atoms with Gasteiger partial charge in [-0.25, -0.2) is 0 Å². The molecule has 1 fully saturated rings. The number of aryl methyl sites for hydroxylation is 1. The van der Waals surface area contributed by atoms with Crippen LogP contribution in [0.2, 0.25) is 0 Å². The van der Waals surface area contributed by atoms with Crippen molar-refractivity contribution in [2.45, 2.75) is 25.8 Å². The number of amides is 2. The highest BCUT2D eigenvalue weighted by Crippen LogP contribution is 2.21. The normalized spacial score (nSPS) is 19.4. The molecule has 1 aliphatic rings. The first-order valence-corrected chi connectivity index (χ1v) is 5.77. The number of benzene rings is 1. The fourth-order valence-electron chi connectivity index (χ4n) is 2.27. The first kappa shape index (κ1) is 11.6. The minimum Gasteiger partial charge on any atom is -0.368 e. The van der Waals surface area contributed by atoms with Gasteiger partial charge < -0.3 is 10.6 Å². The third kappa shape index (κ3) is 2.16. The zero-order valence-corrected chi connectivity index (χ0v) is 9.85. The summed E-state index contributed by atoms with van der Waals surface area (Å²) in [6.07, 6.45) is 1.51. The van der Waals surface area contributed by atoms with E-state index in [0.29, 0.717) is 18.5 Å². The molecule has 0 aromatic heterocycles. The molecule has 0 saturated carbocycles. The standard InChI is InChI=1S/C13H16N2O2/c1-9-5-2-3-6-10(9)13(17)15-8-4-7-11(15)12(14)16/h2-3,5-6,11H,4,7-8H2,1H3,(H2,14,16). The van der Waals surface area contributed by atoms with Crippen LogP contribution in [-0.2, 0) is 4.79 Å². The summed E-state index contributed by atoms with van der Waals surface area (Å²) in [5, 5.41) is 0. The van der Waals surface area contributed by atoms with Crippen LogP contribution in [0, 0.1) is 6.92 Å². The highest BCUT2D eigenvalue weighted by atomic mass is 16.2. The van der Waals surface area contributed by atoms with Crippen molar-refractivity contribution in [3.05, 3.63) is 35.4 Å². The van der Waals surface area contributed by atoms with E-state index in [-0.39, 0.29) is 5.91 Å². The topological polar surface area (TPSA) is 63.4 Å². The van der Waals surface area contributed by atoms with Crippen molar-refractivity contribution in [2.24, 2.45) is 5.73 Å². The molecule has 0 radical (unpaired) electrons. The van der Waals surface area contributed by atoms with Crippen molar-refractivity contribution in [2.75, 3.05) is 6.54 Å². The van der Waals surface area contributed by atoms with Gasteiger partial charge in [0, 0.05) is 12.1 Å². The first-order valence-electron chi connectivity index (χ1n) is 5.77. The molecule has 1 heterocycles. The van der Waals surface area contributed by atoms with Crippen LogP contribution in [0.4, 0.5) is 0 Å². The highest BCUT2D eigenvalue weighted by Gasteiger charge is 2.33. The van der Waals surface area contributed by atoms with Gasteiger partial charge in [-0.05, 0) is 31.4 Å². The largest absolute Gasteiger partial charge is 0.368 e. The molecule has 1 unspecified atom stereocenters. The fraction of sp³-hybridized carbons (Fsp3) is 0.385. The van der Waals surface area contributed by atoms with E-state index in [1.807, 2.05) is 25.1 Å². The van der Waals surface area contributed by atoms with E-state index in [1.54, 1.807) is 11.0 Å². The van der Waals surface area contributed by atoms with Crippen molar-refractivity contribution in [1.29, 1.82) is 0 Å². The lowest BCUT2D eigenvalue weighted by Crippen LogP contribution is -2.43. The predicted molar refractivity (Wildman–Crippen MR) is 64.4 cm³/mol. The van der Waals surface area contributed by atoms with Gasteiger partial charge in [-0.15, -0.1) is 0 Å². The number of nitrogens with two attached hydrogens (primary N) is 1. The Morgan fingerprint density at radius 1 is 1.35 bits per heavy atom. The smallest absolute Gasteiger partial charge is 0.254 e. The van der Waals surface area contributed by atoms with Gasteiger partial charge in [0.1, 0.15) is 6.04 Å². The monoisotopic (exact) mass is 232 g/mol. The average molecular weight is 232 g/mol. The predicted octanol–water partition coefficient (Wildman–Crippen LogP) is 1.08. The van der Waals surface area contributed by atoms with Crippen LogP contribution in [0.25, 0.3) is 0 Å². The Labute approximate surface area is 100 Å². The second-order valence-corrected chi connectivity index (χ2v) is 4.37. The van der Waals surface area contributed by atoms with Crippen LogP contribution in [0.15, 0.2) is 24.3 Å². The number of carbonyl (C=O) groups is 2. The highest BCUT2D eigenvalue weighted by molar-refractivity contribution is 5.98. The van der Waals surface area contributed by atoms with Crippen molar-refractivity contribution < 1.29 is 9.59 Å². The lowest BCUT2D eigenvalue weighted by Gasteiger charge is -2.22. The molecule has 1 atom stereocenters. The van der Waals surface area contributed by atoms with Gasteiger partial charge in [0.25, 0.3) is 5.91 Å². The molecule has 0 aliphatic carbocycles. The van der Waals surface area contributed by atoms with Crippen molar-refractivity contribution >= 4 is 11.8 Å². The second kappa shape index (κ2) is 4.57. The van der Waals surface area contributed by atoms with Crippen molar-refractivity contribution in [1.82, 2.24) is 4.90 Å². The van der Waals surface area contributed by atoms with E-state index in [9.17, 15) is 9.59 Å². The van der Waals surface area contributed by atoms with Crippen LogP contribution >= 0.6 is 0 Å². The van der Waals surface area contributed by atoms with Gasteiger partial charge in [-0.2, -0.15) is 0 Å². The van der Waals surface area contributed by atoms with E-state index in [2.05, 4.69) is 0 Å². The van der Waals surface area contributed by atoms with Gasteiger partial charge in [-0.1, -0.05) is 18.2 Å². The number of hydrogen-bond acceptors (Lipinski definition) is 2. The van der Waals surface area contributed by atoms with E-state index in [4.69, 9.17) is 5.73 Å². The lowest BCUT2D eigenvalue weighted by atomic mass is 10.1. The Morgan fingerprint density at radius 2 is 2.06 bits per heavy atom. The number of nitrogens with zero attached hydrogens (tertiary/aromatic N) is 1. The summed E-state index contributed by atoms with van der Waals surface area (Å²) in [5.74, 6) is -0.506. The summed E-state index contributed by atoms with van der Waals surface area (Å²) >= 11 is 0. The molecular formula is C13H16N2O2. The summed E-state index contributed by atoms with van der Waals surface area (Å²) < 4.78 is 0. The van der Waals surface area contributed by atoms with Crippen LogP contribution in [0.5, 0.6) is 0 Å². The van der Waals surface area contributed by atoms with Crippen LogP contribution in [0.3, 0.4) is 0 Å². The number of hydrogen-bond donors (Lipinski definition) is 1. The van der Waals surface area contributed by atoms with E-state index < -0.39 is 11.9 Å². The third-order valence-electron chi connectivity index (χ3n) is 3.22. The molecule has 0 spiro atoms. The molecule has 1 saturated heterocycles. The third-order valence-corrected chi connectivity index (χ3v) is 3.22. The minimum atomic E-state index is -0.442. The van der Waals surface area contributed by atoms with Crippen LogP contribution in [-0.4, -0.2) is 29.3 Å². The zero-order chi connectivity index (χ0) is 12.4. The Hall–Kier alpha value is -1.84. The van der Waals surface area contributed by atoms with Gasteiger partial charge in [-0.3, -0.25) is 9.59 Å². The Bertz CT molecular complexity index is 456. The van der Waals surface area contributed by atoms with E-state index in [0.717, 1.165) is 12.0 Å². The molecular weight excluding hydrogens is 216 g/mol. The maximum Gasteiger partial charge on any atom is 0.254 e.